The number of benzene rings is 1. The van der Waals surface area contributed by atoms with Crippen LogP contribution in [0.2, 0.25) is 5.02 Å². The second-order valence-corrected chi connectivity index (χ2v) is 5.40. The molecule has 0 saturated carbocycles. The van der Waals surface area contributed by atoms with Gasteiger partial charge in [0.05, 0.1) is 19.3 Å². The SMILES string of the molecule is COC(=O)C1=NNC(C(=O)c2ccco2)C1c1ccc(Cl)cc1. The highest BCUT2D eigenvalue weighted by Gasteiger charge is 2.42. The molecule has 2 unspecified atom stereocenters. The van der Waals surface area contributed by atoms with E-state index in [0.717, 1.165) is 5.56 Å². The topological polar surface area (TPSA) is 80.9 Å². The molecule has 0 spiro atoms. The summed E-state index contributed by atoms with van der Waals surface area (Å²) >= 11 is 5.91. The minimum absolute atomic E-state index is 0.139. The molecule has 2 atom stereocenters. The van der Waals surface area contributed by atoms with Crippen LogP contribution < -0.4 is 5.43 Å². The van der Waals surface area contributed by atoms with Crippen LogP contribution in [0.4, 0.5) is 0 Å². The van der Waals surface area contributed by atoms with Crippen LogP contribution in [0.1, 0.15) is 22.0 Å². The number of nitrogens with one attached hydrogen (secondary N) is 1. The van der Waals surface area contributed by atoms with Gasteiger partial charge in [-0.2, -0.15) is 5.10 Å². The van der Waals surface area contributed by atoms with Gasteiger partial charge in [0, 0.05) is 5.02 Å². The van der Waals surface area contributed by atoms with Crippen LogP contribution in [-0.4, -0.2) is 30.6 Å². The highest BCUT2D eigenvalue weighted by Crippen LogP contribution is 2.29. The fourth-order valence-electron chi connectivity index (χ4n) is 2.52. The van der Waals surface area contributed by atoms with Crippen molar-refractivity contribution >= 4 is 29.1 Å². The number of rotatable bonds is 4. The Morgan fingerprint density at radius 1 is 1.26 bits per heavy atom. The van der Waals surface area contributed by atoms with Crippen molar-refractivity contribution in [3.05, 3.63) is 59.0 Å². The third-order valence-electron chi connectivity index (χ3n) is 3.62. The molecule has 0 saturated heterocycles. The molecule has 6 nitrogen and oxygen atoms in total. The largest absolute Gasteiger partial charge is 0.464 e. The van der Waals surface area contributed by atoms with Gasteiger partial charge in [-0.05, 0) is 29.8 Å². The average molecular weight is 333 g/mol. The van der Waals surface area contributed by atoms with E-state index in [1.54, 1.807) is 36.4 Å². The fraction of sp³-hybridized carbons (Fsp3) is 0.188. The summed E-state index contributed by atoms with van der Waals surface area (Å²) in [5.74, 6) is -1.27. The Morgan fingerprint density at radius 2 is 2.00 bits per heavy atom. The summed E-state index contributed by atoms with van der Waals surface area (Å²) in [6.45, 7) is 0. The molecular formula is C16H13ClN2O4. The number of hydrogen-bond acceptors (Lipinski definition) is 6. The van der Waals surface area contributed by atoms with Crippen molar-refractivity contribution in [2.75, 3.05) is 7.11 Å². The zero-order chi connectivity index (χ0) is 16.4. The van der Waals surface area contributed by atoms with Crippen LogP contribution in [-0.2, 0) is 9.53 Å². The smallest absolute Gasteiger partial charge is 0.354 e. The summed E-state index contributed by atoms with van der Waals surface area (Å²) in [4.78, 5) is 24.6. The van der Waals surface area contributed by atoms with Crippen LogP contribution in [0.15, 0.2) is 52.2 Å². The van der Waals surface area contributed by atoms with E-state index in [4.69, 9.17) is 20.8 Å². The minimum atomic E-state index is -0.753. The van der Waals surface area contributed by atoms with E-state index >= 15 is 0 Å². The first-order valence-electron chi connectivity index (χ1n) is 6.86. The number of Topliss-reactive ketones (excluding diaryl/α,β-unsaturated/α-hetero) is 1. The lowest BCUT2D eigenvalue weighted by Crippen LogP contribution is -2.37. The number of carbonyl (C=O) groups excluding carboxylic acids is 2. The van der Waals surface area contributed by atoms with E-state index in [-0.39, 0.29) is 17.3 Å². The van der Waals surface area contributed by atoms with Gasteiger partial charge < -0.3 is 9.15 Å². The third kappa shape index (κ3) is 2.85. The van der Waals surface area contributed by atoms with E-state index < -0.39 is 17.9 Å². The van der Waals surface area contributed by atoms with Crippen LogP contribution in [0, 0.1) is 0 Å². The zero-order valence-corrected chi connectivity index (χ0v) is 12.9. The van der Waals surface area contributed by atoms with Crippen LogP contribution in [0.3, 0.4) is 0 Å². The van der Waals surface area contributed by atoms with Crippen molar-refractivity contribution in [2.24, 2.45) is 5.10 Å². The Morgan fingerprint density at radius 3 is 2.61 bits per heavy atom. The molecule has 2 heterocycles. The van der Waals surface area contributed by atoms with Gasteiger partial charge in [0.1, 0.15) is 6.04 Å². The van der Waals surface area contributed by atoms with Crippen molar-refractivity contribution in [2.45, 2.75) is 12.0 Å². The fourth-order valence-corrected chi connectivity index (χ4v) is 2.65. The molecule has 0 amide bonds. The molecule has 118 valence electrons. The predicted molar refractivity (Wildman–Crippen MR) is 83.6 cm³/mol. The maximum atomic E-state index is 12.6. The van der Waals surface area contributed by atoms with Crippen molar-refractivity contribution in [1.29, 1.82) is 0 Å². The number of esters is 1. The number of carbonyl (C=O) groups is 2. The van der Waals surface area contributed by atoms with Gasteiger partial charge in [0.25, 0.3) is 0 Å². The van der Waals surface area contributed by atoms with Crippen LogP contribution in [0.5, 0.6) is 0 Å². The number of ether oxygens (including phenoxy) is 1. The van der Waals surface area contributed by atoms with Crippen LogP contribution >= 0.6 is 11.6 Å². The minimum Gasteiger partial charge on any atom is -0.464 e. The molecule has 0 radical (unpaired) electrons. The first-order chi connectivity index (χ1) is 11.1. The van der Waals surface area contributed by atoms with Gasteiger partial charge in [-0.1, -0.05) is 23.7 Å². The summed E-state index contributed by atoms with van der Waals surface area (Å²) in [6.07, 6.45) is 1.42. The first-order valence-corrected chi connectivity index (χ1v) is 7.24. The summed E-state index contributed by atoms with van der Waals surface area (Å²) in [6, 6.07) is 9.33. The maximum Gasteiger partial charge on any atom is 0.354 e. The molecule has 23 heavy (non-hydrogen) atoms. The number of furan rings is 1. The molecule has 1 aromatic heterocycles. The Labute approximate surface area is 137 Å². The molecule has 2 aromatic rings. The number of methoxy groups -OCH3 is 1. The zero-order valence-electron chi connectivity index (χ0n) is 12.2. The molecule has 1 aliphatic heterocycles. The molecule has 7 heteroatoms. The lowest BCUT2D eigenvalue weighted by molar-refractivity contribution is -0.132. The van der Waals surface area contributed by atoms with Gasteiger partial charge in [0.2, 0.25) is 5.78 Å². The quantitative estimate of drug-likeness (QED) is 0.687. The third-order valence-corrected chi connectivity index (χ3v) is 3.87. The van der Waals surface area contributed by atoms with Gasteiger partial charge in [0.15, 0.2) is 11.5 Å². The summed E-state index contributed by atoms with van der Waals surface area (Å²) in [5, 5.41) is 4.56. The second kappa shape index (κ2) is 6.26. The molecule has 0 fully saturated rings. The molecular weight excluding hydrogens is 320 g/mol. The van der Waals surface area contributed by atoms with Gasteiger partial charge in [-0.25, -0.2) is 4.79 Å². The van der Waals surface area contributed by atoms with E-state index in [1.807, 2.05) is 0 Å². The number of ketones is 1. The number of hydrogen-bond donors (Lipinski definition) is 1. The molecule has 0 aliphatic carbocycles. The highest BCUT2D eigenvalue weighted by molar-refractivity contribution is 6.40. The van der Waals surface area contributed by atoms with E-state index in [2.05, 4.69) is 10.5 Å². The molecule has 1 N–H and O–H groups in total. The lowest BCUT2D eigenvalue weighted by atomic mass is 9.85. The second-order valence-electron chi connectivity index (χ2n) is 4.97. The van der Waals surface area contributed by atoms with E-state index in [1.165, 1.54) is 13.4 Å². The van der Waals surface area contributed by atoms with Crippen molar-refractivity contribution in [3.8, 4) is 0 Å². The highest BCUT2D eigenvalue weighted by atomic mass is 35.5. The van der Waals surface area contributed by atoms with E-state index in [9.17, 15) is 9.59 Å². The standard InChI is InChI=1S/C16H13ClN2O4/c1-22-16(21)14-12(9-4-6-10(17)7-5-9)13(18-19-14)15(20)11-3-2-8-23-11/h2-8,12-13,18H,1H3. The molecule has 1 aromatic carbocycles. The Kier molecular flexibility index (Phi) is 4.16. The van der Waals surface area contributed by atoms with Gasteiger partial charge in [-0.3, -0.25) is 10.2 Å². The lowest BCUT2D eigenvalue weighted by Gasteiger charge is -2.18. The van der Waals surface area contributed by atoms with Crippen molar-refractivity contribution < 1.29 is 18.7 Å². The van der Waals surface area contributed by atoms with Gasteiger partial charge in [-0.15, -0.1) is 0 Å². The Bertz CT molecular complexity index is 753. The average Bonchev–Trinajstić information content (AvgIpc) is 3.24. The number of halogens is 1. The van der Waals surface area contributed by atoms with Crippen molar-refractivity contribution in [3.63, 3.8) is 0 Å². The van der Waals surface area contributed by atoms with Gasteiger partial charge >= 0.3 is 5.97 Å². The molecule has 3 rings (SSSR count). The van der Waals surface area contributed by atoms with Crippen LogP contribution in [0.25, 0.3) is 0 Å². The van der Waals surface area contributed by atoms with E-state index in [0.29, 0.717) is 5.02 Å². The predicted octanol–water partition coefficient (Wildman–Crippen LogP) is 2.40. The Balaban J connectivity index is 1.98. The number of nitrogens with zero attached hydrogens (tertiary/aromatic N) is 1. The summed E-state index contributed by atoms with van der Waals surface area (Å²) in [7, 11) is 1.27. The monoisotopic (exact) mass is 332 g/mol. The molecule has 1 aliphatic rings. The Hall–Kier alpha value is -2.60. The first kappa shape index (κ1) is 15.3. The number of hydrazone groups is 1. The molecule has 0 bridgehead atoms. The normalized spacial score (nSPS) is 19.8. The maximum absolute atomic E-state index is 12.6. The summed E-state index contributed by atoms with van der Waals surface area (Å²) < 4.78 is 9.91. The summed E-state index contributed by atoms with van der Waals surface area (Å²) in [5.41, 5.74) is 3.59. The van der Waals surface area contributed by atoms with Crippen molar-refractivity contribution in [1.82, 2.24) is 5.43 Å².